The highest BCUT2D eigenvalue weighted by Crippen LogP contribution is 2.37. The van der Waals surface area contributed by atoms with Crippen LogP contribution in [0.3, 0.4) is 0 Å². The predicted octanol–water partition coefficient (Wildman–Crippen LogP) is 2.90. The molecule has 0 radical (unpaired) electrons. The first-order chi connectivity index (χ1) is 15.5. The van der Waals surface area contributed by atoms with E-state index < -0.39 is 0 Å². The summed E-state index contributed by atoms with van der Waals surface area (Å²) in [6.07, 6.45) is 4.00. The number of H-pyrrole nitrogens is 1. The monoisotopic (exact) mass is 434 g/mol. The zero-order valence-electron chi connectivity index (χ0n) is 18.8. The first-order valence-corrected chi connectivity index (χ1v) is 11.2. The van der Waals surface area contributed by atoms with Crippen molar-refractivity contribution in [2.75, 3.05) is 31.3 Å². The number of aromatic amines is 1. The van der Waals surface area contributed by atoms with Gasteiger partial charge in [0.2, 0.25) is 11.9 Å². The van der Waals surface area contributed by atoms with Crippen LogP contribution in [-0.2, 0) is 4.79 Å². The van der Waals surface area contributed by atoms with E-state index in [-0.39, 0.29) is 11.9 Å². The largest absolute Gasteiger partial charge is 0.351 e. The number of rotatable bonds is 6. The Labute approximate surface area is 187 Å². The fraction of sp³-hybridized carbons (Fsp3) is 0.478. The zero-order valence-corrected chi connectivity index (χ0v) is 18.8. The van der Waals surface area contributed by atoms with Crippen LogP contribution in [0.25, 0.3) is 10.9 Å². The number of aryl methyl sites for hydroxylation is 1. The minimum atomic E-state index is 0.240. The molecule has 168 valence electrons. The SMILES string of the molecule is Cc1cc(Nc2nc(N[C@@H]3C[C@H]4CC[C@@H](C3)N4C(=O)CN(C)C)nc3ccccc23)n[nH]1. The van der Waals surface area contributed by atoms with Gasteiger partial charge in [0, 0.05) is 35.3 Å². The summed E-state index contributed by atoms with van der Waals surface area (Å²) in [6, 6.07) is 10.8. The van der Waals surface area contributed by atoms with Gasteiger partial charge in [-0.1, -0.05) is 12.1 Å². The molecule has 4 heterocycles. The fourth-order valence-corrected chi connectivity index (χ4v) is 5.08. The Morgan fingerprint density at radius 2 is 1.94 bits per heavy atom. The molecule has 9 heteroatoms. The molecule has 2 fully saturated rings. The molecule has 0 aliphatic carbocycles. The number of piperidine rings is 1. The minimum Gasteiger partial charge on any atom is -0.351 e. The third-order valence-corrected chi connectivity index (χ3v) is 6.36. The highest BCUT2D eigenvalue weighted by atomic mass is 16.2. The van der Waals surface area contributed by atoms with E-state index >= 15 is 0 Å². The normalized spacial score (nSPS) is 22.5. The summed E-state index contributed by atoms with van der Waals surface area (Å²) in [4.78, 5) is 26.4. The Kier molecular flexibility index (Phi) is 5.42. The van der Waals surface area contributed by atoms with Crippen LogP contribution in [0.4, 0.5) is 17.6 Å². The van der Waals surface area contributed by atoms with Gasteiger partial charge in [-0.05, 0) is 58.8 Å². The van der Waals surface area contributed by atoms with E-state index in [9.17, 15) is 4.79 Å². The molecule has 0 unspecified atom stereocenters. The number of nitrogens with one attached hydrogen (secondary N) is 3. The number of aromatic nitrogens is 4. The van der Waals surface area contributed by atoms with Gasteiger partial charge in [-0.2, -0.15) is 10.1 Å². The molecule has 2 aliphatic heterocycles. The molecule has 3 atom stereocenters. The summed E-state index contributed by atoms with van der Waals surface area (Å²) < 4.78 is 0. The van der Waals surface area contributed by atoms with Gasteiger partial charge in [-0.15, -0.1) is 0 Å². The van der Waals surface area contributed by atoms with E-state index in [1.807, 2.05) is 56.3 Å². The standard InChI is InChI=1S/C23H30N8O/c1-14-10-20(29-28-14)26-22-18-6-4-5-7-19(18)25-23(27-22)24-15-11-16-8-9-17(12-15)31(16)21(32)13-30(2)3/h4-7,10,15-17H,8-9,11-13H2,1-3H3,(H3,24,25,26,27,28,29)/t15-,16-,17+. The Morgan fingerprint density at radius 3 is 2.62 bits per heavy atom. The van der Waals surface area contributed by atoms with Crippen LogP contribution in [0.5, 0.6) is 0 Å². The number of carbonyl (C=O) groups is 1. The Morgan fingerprint density at radius 1 is 1.19 bits per heavy atom. The van der Waals surface area contributed by atoms with Crippen molar-refractivity contribution in [1.82, 2.24) is 30.0 Å². The van der Waals surface area contributed by atoms with Crippen molar-refractivity contribution in [3.63, 3.8) is 0 Å². The molecule has 2 saturated heterocycles. The lowest BCUT2D eigenvalue weighted by atomic mass is 9.97. The molecule has 2 aromatic heterocycles. The van der Waals surface area contributed by atoms with Crippen LogP contribution >= 0.6 is 0 Å². The average molecular weight is 435 g/mol. The van der Waals surface area contributed by atoms with Crippen molar-refractivity contribution in [3.8, 4) is 0 Å². The zero-order chi connectivity index (χ0) is 22.2. The van der Waals surface area contributed by atoms with Gasteiger partial charge < -0.3 is 20.4 Å². The van der Waals surface area contributed by atoms with Crippen LogP contribution in [-0.4, -0.2) is 74.6 Å². The van der Waals surface area contributed by atoms with Crippen LogP contribution in [0.15, 0.2) is 30.3 Å². The van der Waals surface area contributed by atoms with Crippen molar-refractivity contribution >= 4 is 34.4 Å². The maximum Gasteiger partial charge on any atom is 0.237 e. The first kappa shape index (κ1) is 20.7. The summed E-state index contributed by atoms with van der Waals surface area (Å²) in [5, 5.41) is 15.1. The van der Waals surface area contributed by atoms with Gasteiger partial charge in [0.15, 0.2) is 5.82 Å². The lowest BCUT2D eigenvalue weighted by Crippen LogP contribution is -2.52. The number of hydrogen-bond donors (Lipinski definition) is 3. The highest BCUT2D eigenvalue weighted by molar-refractivity contribution is 5.91. The number of hydrogen-bond acceptors (Lipinski definition) is 7. The van der Waals surface area contributed by atoms with Gasteiger partial charge >= 0.3 is 0 Å². The van der Waals surface area contributed by atoms with Gasteiger partial charge in [-0.3, -0.25) is 9.89 Å². The first-order valence-electron chi connectivity index (χ1n) is 11.2. The second kappa shape index (κ2) is 8.38. The third-order valence-electron chi connectivity index (χ3n) is 6.36. The number of likely N-dealkylation sites (N-methyl/N-ethyl adjacent to an activating group) is 1. The number of nitrogens with zero attached hydrogens (tertiary/aromatic N) is 5. The quantitative estimate of drug-likeness (QED) is 0.548. The number of amides is 1. The summed E-state index contributed by atoms with van der Waals surface area (Å²) in [6.45, 7) is 2.44. The van der Waals surface area contributed by atoms with Crippen molar-refractivity contribution in [3.05, 3.63) is 36.0 Å². The number of anilines is 3. The Balaban J connectivity index is 1.35. The Hall–Kier alpha value is -3.20. The lowest BCUT2D eigenvalue weighted by molar-refractivity contribution is -0.136. The molecule has 32 heavy (non-hydrogen) atoms. The molecular formula is C23H30N8O. The molecule has 2 aliphatic rings. The van der Waals surface area contributed by atoms with Crippen LogP contribution in [0.2, 0.25) is 0 Å². The molecule has 3 aromatic rings. The number of fused-ring (bicyclic) bond motifs is 3. The lowest BCUT2D eigenvalue weighted by Gasteiger charge is -2.39. The molecule has 9 nitrogen and oxygen atoms in total. The van der Waals surface area contributed by atoms with Crippen molar-refractivity contribution in [2.45, 2.75) is 50.7 Å². The summed E-state index contributed by atoms with van der Waals surface area (Å²) in [7, 11) is 3.89. The van der Waals surface area contributed by atoms with E-state index in [2.05, 4.69) is 25.7 Å². The second-order valence-corrected chi connectivity index (χ2v) is 9.21. The van der Waals surface area contributed by atoms with Crippen molar-refractivity contribution in [2.24, 2.45) is 0 Å². The summed E-state index contributed by atoms with van der Waals surface area (Å²) in [5.41, 5.74) is 1.86. The average Bonchev–Trinajstić information content (AvgIpc) is 3.27. The van der Waals surface area contributed by atoms with E-state index in [0.29, 0.717) is 24.6 Å². The molecule has 3 N–H and O–H groups in total. The van der Waals surface area contributed by atoms with Gasteiger partial charge in [0.05, 0.1) is 12.1 Å². The summed E-state index contributed by atoms with van der Waals surface area (Å²) in [5.74, 6) is 2.30. The number of benzene rings is 1. The molecule has 0 saturated carbocycles. The fourth-order valence-electron chi connectivity index (χ4n) is 5.08. The van der Waals surface area contributed by atoms with E-state index in [1.165, 1.54) is 0 Å². The van der Waals surface area contributed by atoms with Crippen LogP contribution in [0, 0.1) is 6.92 Å². The van der Waals surface area contributed by atoms with Crippen LogP contribution < -0.4 is 10.6 Å². The molecule has 5 rings (SSSR count). The predicted molar refractivity (Wildman–Crippen MR) is 125 cm³/mol. The smallest absolute Gasteiger partial charge is 0.237 e. The maximum atomic E-state index is 12.7. The summed E-state index contributed by atoms with van der Waals surface area (Å²) >= 11 is 0. The number of para-hydroxylation sites is 1. The minimum absolute atomic E-state index is 0.240. The molecule has 1 amide bonds. The van der Waals surface area contributed by atoms with Gasteiger partial charge in [0.25, 0.3) is 0 Å². The number of carbonyl (C=O) groups excluding carboxylic acids is 1. The van der Waals surface area contributed by atoms with Crippen molar-refractivity contribution in [1.29, 1.82) is 0 Å². The van der Waals surface area contributed by atoms with Crippen LogP contribution in [0.1, 0.15) is 31.4 Å². The maximum absolute atomic E-state index is 12.7. The second-order valence-electron chi connectivity index (χ2n) is 9.21. The molecule has 1 aromatic carbocycles. The Bertz CT molecular complexity index is 1110. The topological polar surface area (TPSA) is 102 Å². The van der Waals surface area contributed by atoms with Gasteiger partial charge in [0.1, 0.15) is 5.82 Å². The van der Waals surface area contributed by atoms with Gasteiger partial charge in [-0.25, -0.2) is 4.98 Å². The highest BCUT2D eigenvalue weighted by Gasteiger charge is 2.43. The van der Waals surface area contributed by atoms with E-state index in [4.69, 9.17) is 9.97 Å². The van der Waals surface area contributed by atoms with E-state index in [1.54, 1.807) is 0 Å². The molecule has 2 bridgehead atoms. The third kappa shape index (κ3) is 4.12. The van der Waals surface area contributed by atoms with Crippen molar-refractivity contribution < 1.29 is 4.79 Å². The molecule has 0 spiro atoms. The van der Waals surface area contributed by atoms with E-state index in [0.717, 1.165) is 53.9 Å². The molecular weight excluding hydrogens is 404 g/mol.